The van der Waals surface area contributed by atoms with E-state index in [0.29, 0.717) is 11.8 Å². The van der Waals surface area contributed by atoms with Crippen LogP contribution in [0.4, 0.5) is 0 Å². The zero-order chi connectivity index (χ0) is 14.4. The summed E-state index contributed by atoms with van der Waals surface area (Å²) in [6.45, 7) is 15.2. The molecule has 0 aromatic carbocycles. The highest BCUT2D eigenvalue weighted by Crippen LogP contribution is 2.16. The number of hydrogen-bond donors (Lipinski definition) is 1. The highest BCUT2D eigenvalue weighted by atomic mass is 14.9. The smallest absolute Gasteiger partial charge is 0.129 e. The molecule has 0 saturated heterocycles. The van der Waals surface area contributed by atoms with Gasteiger partial charge in [-0.25, -0.2) is 9.97 Å². The van der Waals surface area contributed by atoms with E-state index in [1.54, 1.807) is 0 Å². The summed E-state index contributed by atoms with van der Waals surface area (Å²) in [4.78, 5) is 9.35. The molecular formula is C16H29N3. The van der Waals surface area contributed by atoms with E-state index in [4.69, 9.17) is 0 Å². The van der Waals surface area contributed by atoms with Crippen LogP contribution in [0.25, 0.3) is 0 Å². The normalized spacial score (nSPS) is 13.0. The number of nitrogens with zero attached hydrogens (tertiary/aromatic N) is 2. The third-order valence-corrected chi connectivity index (χ3v) is 3.35. The van der Waals surface area contributed by atoms with E-state index < -0.39 is 0 Å². The van der Waals surface area contributed by atoms with Gasteiger partial charge in [-0.15, -0.1) is 0 Å². The minimum atomic E-state index is 0.609. The van der Waals surface area contributed by atoms with Gasteiger partial charge in [0.15, 0.2) is 0 Å². The summed E-state index contributed by atoms with van der Waals surface area (Å²) in [6.07, 6.45) is 2.03. The van der Waals surface area contributed by atoms with Crippen molar-refractivity contribution < 1.29 is 0 Å². The molecule has 3 heteroatoms. The predicted molar refractivity (Wildman–Crippen MR) is 81.5 cm³/mol. The monoisotopic (exact) mass is 263 g/mol. The largest absolute Gasteiger partial charge is 0.317 e. The second kappa shape index (κ2) is 7.59. The second-order valence-corrected chi connectivity index (χ2v) is 6.00. The van der Waals surface area contributed by atoms with Crippen molar-refractivity contribution in [3.63, 3.8) is 0 Å². The van der Waals surface area contributed by atoms with Gasteiger partial charge in [0, 0.05) is 17.8 Å². The summed E-state index contributed by atoms with van der Waals surface area (Å²) in [7, 11) is 0. The Balaban J connectivity index is 2.79. The van der Waals surface area contributed by atoms with E-state index in [1.165, 1.54) is 5.56 Å². The fraction of sp³-hybridized carbons (Fsp3) is 0.750. The number of aryl methyl sites for hydroxylation is 2. The summed E-state index contributed by atoms with van der Waals surface area (Å²) in [5.41, 5.74) is 3.65. The fourth-order valence-corrected chi connectivity index (χ4v) is 2.37. The standard InChI is InChI=1S/C16H29N3/c1-7-17-10-12(4)9-15-13(5)18-16(8-11(2)3)19-14(15)6/h11-12,17H,7-10H2,1-6H3. The zero-order valence-corrected chi connectivity index (χ0v) is 13.4. The molecule has 0 bridgehead atoms. The highest BCUT2D eigenvalue weighted by Gasteiger charge is 2.12. The van der Waals surface area contributed by atoms with Gasteiger partial charge in [-0.05, 0) is 50.8 Å². The number of hydrogen-bond acceptors (Lipinski definition) is 3. The molecule has 1 unspecified atom stereocenters. The first kappa shape index (κ1) is 16.1. The van der Waals surface area contributed by atoms with Crippen LogP contribution in [0.2, 0.25) is 0 Å². The van der Waals surface area contributed by atoms with Crippen LogP contribution in [-0.2, 0) is 12.8 Å². The van der Waals surface area contributed by atoms with Crippen molar-refractivity contribution in [2.24, 2.45) is 11.8 Å². The molecule has 1 aromatic heterocycles. The lowest BCUT2D eigenvalue weighted by Gasteiger charge is -2.16. The summed E-state index contributed by atoms with van der Waals surface area (Å²) < 4.78 is 0. The van der Waals surface area contributed by atoms with Crippen molar-refractivity contribution in [3.8, 4) is 0 Å². The molecule has 0 aliphatic rings. The topological polar surface area (TPSA) is 37.8 Å². The van der Waals surface area contributed by atoms with Crippen LogP contribution < -0.4 is 5.32 Å². The van der Waals surface area contributed by atoms with Crippen molar-refractivity contribution in [1.82, 2.24) is 15.3 Å². The number of rotatable bonds is 7. The minimum absolute atomic E-state index is 0.609. The summed E-state index contributed by atoms with van der Waals surface area (Å²) in [6, 6.07) is 0. The number of aromatic nitrogens is 2. The predicted octanol–water partition coefficient (Wildman–Crippen LogP) is 3.08. The molecule has 0 radical (unpaired) electrons. The van der Waals surface area contributed by atoms with Crippen LogP contribution in [0.1, 0.15) is 50.5 Å². The van der Waals surface area contributed by atoms with Crippen LogP contribution in [0.5, 0.6) is 0 Å². The molecule has 0 saturated carbocycles. The molecule has 0 amide bonds. The highest BCUT2D eigenvalue weighted by molar-refractivity contribution is 5.25. The van der Waals surface area contributed by atoms with Crippen molar-refractivity contribution >= 4 is 0 Å². The molecule has 1 atom stereocenters. The molecule has 108 valence electrons. The van der Waals surface area contributed by atoms with Gasteiger partial charge < -0.3 is 5.32 Å². The van der Waals surface area contributed by atoms with Gasteiger partial charge in [-0.3, -0.25) is 0 Å². The van der Waals surface area contributed by atoms with E-state index in [0.717, 1.165) is 43.1 Å². The Hall–Kier alpha value is -0.960. The quantitative estimate of drug-likeness (QED) is 0.821. The van der Waals surface area contributed by atoms with E-state index >= 15 is 0 Å². The van der Waals surface area contributed by atoms with E-state index in [-0.39, 0.29) is 0 Å². The molecule has 3 nitrogen and oxygen atoms in total. The molecule has 19 heavy (non-hydrogen) atoms. The Morgan fingerprint density at radius 2 is 1.58 bits per heavy atom. The van der Waals surface area contributed by atoms with Gasteiger partial charge >= 0.3 is 0 Å². The van der Waals surface area contributed by atoms with Crippen LogP contribution in [0, 0.1) is 25.7 Å². The van der Waals surface area contributed by atoms with Gasteiger partial charge in [0.25, 0.3) is 0 Å². The summed E-state index contributed by atoms with van der Waals surface area (Å²) in [5.74, 6) is 2.22. The number of nitrogens with one attached hydrogen (secondary N) is 1. The van der Waals surface area contributed by atoms with Crippen molar-refractivity contribution in [2.45, 2.75) is 54.4 Å². The Kier molecular flexibility index (Phi) is 6.43. The average Bonchev–Trinajstić information content (AvgIpc) is 2.30. The maximum Gasteiger partial charge on any atom is 0.129 e. The minimum Gasteiger partial charge on any atom is -0.317 e. The molecule has 1 heterocycles. The summed E-state index contributed by atoms with van der Waals surface area (Å²) in [5, 5.41) is 3.40. The van der Waals surface area contributed by atoms with Gasteiger partial charge in [0.2, 0.25) is 0 Å². The summed E-state index contributed by atoms with van der Waals surface area (Å²) >= 11 is 0. The molecular weight excluding hydrogens is 234 g/mol. The molecule has 1 N–H and O–H groups in total. The zero-order valence-electron chi connectivity index (χ0n) is 13.4. The first-order valence-corrected chi connectivity index (χ1v) is 7.47. The van der Waals surface area contributed by atoms with Gasteiger partial charge in [-0.1, -0.05) is 27.7 Å². The molecule has 1 aromatic rings. The SMILES string of the molecule is CCNCC(C)Cc1c(C)nc(CC(C)C)nc1C. The van der Waals surface area contributed by atoms with Crippen LogP contribution in [0.3, 0.4) is 0 Å². The van der Waals surface area contributed by atoms with E-state index in [2.05, 4.69) is 56.8 Å². The first-order chi connectivity index (χ1) is 8.93. The Morgan fingerprint density at radius 3 is 2.05 bits per heavy atom. The van der Waals surface area contributed by atoms with Gasteiger partial charge in [0.1, 0.15) is 5.82 Å². The maximum absolute atomic E-state index is 4.68. The van der Waals surface area contributed by atoms with Gasteiger partial charge in [0.05, 0.1) is 0 Å². The first-order valence-electron chi connectivity index (χ1n) is 7.47. The van der Waals surface area contributed by atoms with Crippen LogP contribution >= 0.6 is 0 Å². The van der Waals surface area contributed by atoms with Gasteiger partial charge in [-0.2, -0.15) is 0 Å². The fourth-order valence-electron chi connectivity index (χ4n) is 2.37. The molecule has 1 rings (SSSR count). The lowest BCUT2D eigenvalue weighted by molar-refractivity contribution is 0.516. The maximum atomic E-state index is 4.68. The Bertz CT molecular complexity index is 376. The lowest BCUT2D eigenvalue weighted by Crippen LogP contribution is -2.23. The second-order valence-electron chi connectivity index (χ2n) is 6.00. The van der Waals surface area contributed by atoms with Crippen LogP contribution in [-0.4, -0.2) is 23.1 Å². The molecule has 0 aliphatic carbocycles. The van der Waals surface area contributed by atoms with Crippen molar-refractivity contribution in [2.75, 3.05) is 13.1 Å². The third-order valence-electron chi connectivity index (χ3n) is 3.35. The van der Waals surface area contributed by atoms with Crippen molar-refractivity contribution in [3.05, 3.63) is 22.8 Å². The van der Waals surface area contributed by atoms with Crippen molar-refractivity contribution in [1.29, 1.82) is 0 Å². The average molecular weight is 263 g/mol. The molecule has 0 spiro atoms. The molecule has 0 aliphatic heterocycles. The Labute approximate surface area is 118 Å². The third kappa shape index (κ3) is 5.27. The van der Waals surface area contributed by atoms with Crippen LogP contribution in [0.15, 0.2) is 0 Å². The lowest BCUT2D eigenvalue weighted by atomic mass is 9.98. The Morgan fingerprint density at radius 1 is 1.00 bits per heavy atom. The van der Waals surface area contributed by atoms with E-state index in [9.17, 15) is 0 Å². The van der Waals surface area contributed by atoms with E-state index in [1.807, 2.05) is 0 Å². The molecule has 0 fully saturated rings.